The molecule has 110 valence electrons. The smallest absolute Gasteiger partial charge is 0.257 e. The van der Waals surface area contributed by atoms with Crippen LogP contribution in [0.3, 0.4) is 0 Å². The van der Waals surface area contributed by atoms with Gasteiger partial charge in [-0.25, -0.2) is 17.8 Å². The first-order valence-electron chi connectivity index (χ1n) is 6.26. The number of aromatic nitrogens is 1. The lowest BCUT2D eigenvalue weighted by molar-refractivity contribution is 0.0763. The molecule has 1 saturated heterocycles. The number of hydrogen-bond acceptors (Lipinski definition) is 5. The van der Waals surface area contributed by atoms with E-state index in [0.29, 0.717) is 13.0 Å². The lowest BCUT2D eigenvalue weighted by Gasteiger charge is -2.20. The van der Waals surface area contributed by atoms with E-state index in [-0.39, 0.29) is 29.4 Å². The van der Waals surface area contributed by atoms with Gasteiger partial charge in [0, 0.05) is 26.3 Å². The van der Waals surface area contributed by atoms with Crippen LogP contribution in [0.5, 0.6) is 0 Å². The summed E-state index contributed by atoms with van der Waals surface area (Å²) in [5, 5.41) is 2.57. The summed E-state index contributed by atoms with van der Waals surface area (Å²) < 4.78 is 37.1. The van der Waals surface area contributed by atoms with Crippen molar-refractivity contribution >= 4 is 21.6 Å². The summed E-state index contributed by atoms with van der Waals surface area (Å²) in [7, 11) is -1.59. The molecule has 0 radical (unpaired) electrons. The zero-order valence-electron chi connectivity index (χ0n) is 11.1. The van der Waals surface area contributed by atoms with Crippen molar-refractivity contribution in [2.45, 2.75) is 6.42 Å². The molecule has 0 aromatic carbocycles. The zero-order chi connectivity index (χ0) is 14.8. The summed E-state index contributed by atoms with van der Waals surface area (Å²) in [6, 6.07) is 1.30. The Bertz CT molecular complexity index is 618. The van der Waals surface area contributed by atoms with Gasteiger partial charge in [0.2, 0.25) is 0 Å². The lowest BCUT2D eigenvalue weighted by atomic mass is 10.2. The summed E-state index contributed by atoms with van der Waals surface area (Å²) >= 11 is 0. The van der Waals surface area contributed by atoms with Gasteiger partial charge in [-0.15, -0.1) is 0 Å². The second kappa shape index (κ2) is 5.74. The first-order valence-corrected chi connectivity index (χ1v) is 8.09. The number of nitrogens with zero attached hydrogens (tertiary/aromatic N) is 2. The number of nitrogens with one attached hydrogen (secondary N) is 1. The molecule has 0 atom stereocenters. The fraction of sp³-hybridized carbons (Fsp3) is 0.500. The van der Waals surface area contributed by atoms with Crippen LogP contribution < -0.4 is 5.32 Å². The highest BCUT2D eigenvalue weighted by Crippen LogP contribution is 2.17. The van der Waals surface area contributed by atoms with E-state index >= 15 is 0 Å². The SMILES string of the molecule is CNc1nccc(C(=O)N2CCCS(=O)(=O)CC2)c1F. The van der Waals surface area contributed by atoms with Crippen LogP contribution in [0.25, 0.3) is 0 Å². The summed E-state index contributed by atoms with van der Waals surface area (Å²) in [6.07, 6.45) is 1.72. The van der Waals surface area contributed by atoms with E-state index in [9.17, 15) is 17.6 Å². The largest absolute Gasteiger partial charge is 0.371 e. The van der Waals surface area contributed by atoms with Crippen LogP contribution in [-0.4, -0.2) is 55.9 Å². The Morgan fingerprint density at radius 1 is 1.40 bits per heavy atom. The van der Waals surface area contributed by atoms with Crippen LogP contribution >= 0.6 is 0 Å². The van der Waals surface area contributed by atoms with E-state index < -0.39 is 21.6 Å². The number of hydrogen-bond donors (Lipinski definition) is 1. The molecule has 6 nitrogen and oxygen atoms in total. The highest BCUT2D eigenvalue weighted by molar-refractivity contribution is 7.91. The van der Waals surface area contributed by atoms with Gasteiger partial charge in [-0.05, 0) is 12.5 Å². The second-order valence-electron chi connectivity index (χ2n) is 4.57. The fourth-order valence-electron chi connectivity index (χ4n) is 2.10. The maximum atomic E-state index is 14.0. The molecule has 2 heterocycles. The molecular formula is C12H16FN3O3S. The van der Waals surface area contributed by atoms with Crippen LogP contribution in [0.2, 0.25) is 0 Å². The topological polar surface area (TPSA) is 79.4 Å². The van der Waals surface area contributed by atoms with Crippen molar-refractivity contribution in [3.05, 3.63) is 23.6 Å². The minimum Gasteiger partial charge on any atom is -0.371 e. The predicted molar refractivity (Wildman–Crippen MR) is 72.9 cm³/mol. The number of carbonyl (C=O) groups is 1. The van der Waals surface area contributed by atoms with Crippen molar-refractivity contribution in [1.82, 2.24) is 9.88 Å². The van der Waals surface area contributed by atoms with E-state index in [0.717, 1.165) is 0 Å². The lowest BCUT2D eigenvalue weighted by Crippen LogP contribution is -2.34. The van der Waals surface area contributed by atoms with Crippen molar-refractivity contribution in [2.75, 3.05) is 37.0 Å². The average molecular weight is 301 g/mol. The highest BCUT2D eigenvalue weighted by atomic mass is 32.2. The number of halogens is 1. The summed E-state index contributed by atoms with van der Waals surface area (Å²) in [4.78, 5) is 17.4. The average Bonchev–Trinajstić information content (AvgIpc) is 2.59. The molecule has 0 unspecified atom stereocenters. The summed E-state index contributed by atoms with van der Waals surface area (Å²) in [6.45, 7) is 0.409. The molecule has 2 rings (SSSR count). The molecule has 1 amide bonds. The van der Waals surface area contributed by atoms with Gasteiger partial charge in [-0.2, -0.15) is 0 Å². The van der Waals surface area contributed by atoms with Gasteiger partial charge in [0.05, 0.1) is 17.1 Å². The Labute approximate surface area is 116 Å². The predicted octanol–water partition coefficient (Wildman–Crippen LogP) is 0.523. The minimum absolute atomic E-state index is 0.00158. The molecule has 8 heteroatoms. The maximum Gasteiger partial charge on any atom is 0.257 e. The van der Waals surface area contributed by atoms with Gasteiger partial charge in [-0.1, -0.05) is 0 Å². The van der Waals surface area contributed by atoms with E-state index in [4.69, 9.17) is 0 Å². The molecule has 20 heavy (non-hydrogen) atoms. The molecule has 0 bridgehead atoms. The minimum atomic E-state index is -3.10. The molecule has 1 aromatic rings. The number of pyridine rings is 1. The van der Waals surface area contributed by atoms with E-state index in [1.165, 1.54) is 24.2 Å². The first-order chi connectivity index (χ1) is 9.44. The van der Waals surface area contributed by atoms with Crippen LogP contribution in [0, 0.1) is 5.82 Å². The van der Waals surface area contributed by atoms with Gasteiger partial charge in [-0.3, -0.25) is 4.79 Å². The summed E-state index contributed by atoms with van der Waals surface area (Å²) in [5.41, 5.74) is -0.0938. The van der Waals surface area contributed by atoms with E-state index in [1.807, 2.05) is 0 Å². The highest BCUT2D eigenvalue weighted by Gasteiger charge is 2.25. The third kappa shape index (κ3) is 3.06. The molecule has 1 aliphatic rings. The Balaban J connectivity index is 2.23. The summed E-state index contributed by atoms with van der Waals surface area (Å²) in [5.74, 6) is -1.23. The van der Waals surface area contributed by atoms with Crippen LogP contribution in [0.4, 0.5) is 10.2 Å². The molecule has 1 N–H and O–H groups in total. The van der Waals surface area contributed by atoms with Crippen molar-refractivity contribution < 1.29 is 17.6 Å². The second-order valence-corrected chi connectivity index (χ2v) is 6.87. The molecular weight excluding hydrogens is 285 g/mol. The van der Waals surface area contributed by atoms with E-state index in [2.05, 4.69) is 10.3 Å². The van der Waals surface area contributed by atoms with Gasteiger partial charge in [0.25, 0.3) is 5.91 Å². The number of anilines is 1. The van der Waals surface area contributed by atoms with Crippen molar-refractivity contribution in [3.63, 3.8) is 0 Å². The molecule has 0 saturated carbocycles. The van der Waals surface area contributed by atoms with Gasteiger partial charge in [0.15, 0.2) is 21.5 Å². The van der Waals surface area contributed by atoms with Gasteiger partial charge >= 0.3 is 0 Å². The molecule has 1 fully saturated rings. The Kier molecular flexibility index (Phi) is 4.22. The standard InChI is InChI=1S/C12H16FN3O3S/c1-14-11-10(13)9(3-4-15-11)12(17)16-5-2-7-20(18,19)8-6-16/h3-4H,2,5-8H2,1H3,(H,14,15). The quantitative estimate of drug-likeness (QED) is 0.861. The van der Waals surface area contributed by atoms with Gasteiger partial charge < -0.3 is 10.2 Å². The van der Waals surface area contributed by atoms with Gasteiger partial charge in [0.1, 0.15) is 0 Å². The third-order valence-corrected chi connectivity index (χ3v) is 4.91. The number of amides is 1. The Hall–Kier alpha value is -1.70. The molecule has 1 aromatic heterocycles. The first kappa shape index (κ1) is 14.7. The van der Waals surface area contributed by atoms with Crippen molar-refractivity contribution in [3.8, 4) is 0 Å². The van der Waals surface area contributed by atoms with Crippen molar-refractivity contribution in [2.24, 2.45) is 0 Å². The number of sulfone groups is 1. The number of rotatable bonds is 2. The Morgan fingerprint density at radius 3 is 2.85 bits per heavy atom. The van der Waals surface area contributed by atoms with Crippen LogP contribution in [0.1, 0.15) is 16.8 Å². The third-order valence-electron chi connectivity index (χ3n) is 3.20. The monoisotopic (exact) mass is 301 g/mol. The maximum absolute atomic E-state index is 14.0. The van der Waals surface area contributed by atoms with Crippen LogP contribution in [-0.2, 0) is 9.84 Å². The zero-order valence-corrected chi connectivity index (χ0v) is 11.9. The van der Waals surface area contributed by atoms with Crippen molar-refractivity contribution in [1.29, 1.82) is 0 Å². The van der Waals surface area contributed by atoms with E-state index in [1.54, 1.807) is 0 Å². The number of carbonyl (C=O) groups excluding carboxylic acids is 1. The molecule has 0 spiro atoms. The normalized spacial score (nSPS) is 18.4. The molecule has 0 aliphatic carbocycles. The Morgan fingerprint density at radius 2 is 2.15 bits per heavy atom. The molecule has 1 aliphatic heterocycles. The fourth-order valence-corrected chi connectivity index (χ4v) is 3.37. The van der Waals surface area contributed by atoms with Crippen LogP contribution in [0.15, 0.2) is 12.3 Å².